The molecule has 1 aromatic carbocycles. The van der Waals surface area contributed by atoms with Crippen molar-refractivity contribution >= 4 is 29.1 Å². The van der Waals surface area contributed by atoms with Crippen LogP contribution in [0.15, 0.2) is 41.8 Å². The summed E-state index contributed by atoms with van der Waals surface area (Å²) in [6.07, 6.45) is 2.32. The number of carbonyl (C=O) groups excluding carboxylic acids is 3. The minimum atomic E-state index is -0.593. The van der Waals surface area contributed by atoms with E-state index in [0.717, 1.165) is 31.5 Å². The molecule has 0 radical (unpaired) electrons. The van der Waals surface area contributed by atoms with Gasteiger partial charge in [0.2, 0.25) is 5.91 Å². The first-order valence-corrected chi connectivity index (χ1v) is 13.7. The first-order valence-electron chi connectivity index (χ1n) is 12.8. The molecule has 192 valence electrons. The number of hydrogen-bond acceptors (Lipinski definition) is 6. The summed E-state index contributed by atoms with van der Waals surface area (Å²) in [6.45, 7) is 6.24. The van der Waals surface area contributed by atoms with E-state index in [1.165, 1.54) is 11.3 Å². The molecule has 1 N–H and O–H groups in total. The van der Waals surface area contributed by atoms with Gasteiger partial charge in [0.05, 0.1) is 17.0 Å². The molecule has 3 aliphatic heterocycles. The van der Waals surface area contributed by atoms with E-state index < -0.39 is 6.04 Å². The van der Waals surface area contributed by atoms with Gasteiger partial charge in [-0.1, -0.05) is 23.8 Å². The Labute approximate surface area is 216 Å². The Morgan fingerprint density at radius 3 is 2.58 bits per heavy atom. The van der Waals surface area contributed by atoms with E-state index in [4.69, 9.17) is 4.74 Å². The van der Waals surface area contributed by atoms with E-state index in [9.17, 15) is 14.4 Å². The third kappa shape index (κ3) is 5.33. The Balaban J connectivity index is 1.43. The first-order chi connectivity index (χ1) is 17.5. The van der Waals surface area contributed by atoms with Crippen LogP contribution in [-0.4, -0.2) is 96.5 Å². The van der Waals surface area contributed by atoms with Gasteiger partial charge in [0.1, 0.15) is 6.04 Å². The molecule has 3 saturated heterocycles. The summed E-state index contributed by atoms with van der Waals surface area (Å²) >= 11 is 1.42. The van der Waals surface area contributed by atoms with Gasteiger partial charge in [-0.3, -0.25) is 14.4 Å². The predicted octanol–water partition coefficient (Wildman–Crippen LogP) is 2.39. The van der Waals surface area contributed by atoms with Crippen LogP contribution in [0.2, 0.25) is 0 Å². The van der Waals surface area contributed by atoms with Crippen LogP contribution in [0.25, 0.3) is 0 Å². The molecule has 1 aromatic heterocycles. The second-order valence-corrected chi connectivity index (χ2v) is 10.8. The largest absolute Gasteiger partial charge is 0.376 e. The number of likely N-dealkylation sites (tertiary alicyclic amines) is 1. The molecule has 3 fully saturated rings. The maximum Gasteiger partial charge on any atom is 0.264 e. The summed E-state index contributed by atoms with van der Waals surface area (Å²) in [5, 5.41) is 5.18. The van der Waals surface area contributed by atoms with E-state index >= 15 is 0 Å². The highest BCUT2D eigenvalue weighted by molar-refractivity contribution is 7.12. The normalized spacial score (nSPS) is 24.2. The number of nitrogens with zero attached hydrogens (tertiary/aromatic N) is 3. The summed E-state index contributed by atoms with van der Waals surface area (Å²) in [6, 6.07) is 10.3. The molecule has 0 aliphatic carbocycles. The van der Waals surface area contributed by atoms with Crippen LogP contribution < -0.4 is 5.32 Å². The lowest BCUT2D eigenvalue weighted by atomic mass is 10.1. The average Bonchev–Trinajstić information content (AvgIpc) is 3.69. The molecule has 3 aliphatic rings. The van der Waals surface area contributed by atoms with Crippen molar-refractivity contribution in [3.05, 3.63) is 57.8 Å². The van der Waals surface area contributed by atoms with Gasteiger partial charge >= 0.3 is 0 Å². The third-order valence-electron chi connectivity index (χ3n) is 7.41. The number of amides is 3. The lowest BCUT2D eigenvalue weighted by molar-refractivity contribution is -0.135. The molecule has 3 amide bonds. The Morgan fingerprint density at radius 2 is 1.92 bits per heavy atom. The molecule has 9 heteroatoms. The zero-order chi connectivity index (χ0) is 25.1. The van der Waals surface area contributed by atoms with E-state index in [-0.39, 0.29) is 29.9 Å². The molecular formula is C27H34N4O4S. The third-order valence-corrected chi connectivity index (χ3v) is 8.27. The van der Waals surface area contributed by atoms with Crippen LogP contribution in [0.4, 0.5) is 0 Å². The number of rotatable bonds is 6. The van der Waals surface area contributed by atoms with Crippen molar-refractivity contribution in [2.24, 2.45) is 0 Å². The van der Waals surface area contributed by atoms with Crippen LogP contribution in [0.1, 0.15) is 44.9 Å². The van der Waals surface area contributed by atoms with Crippen molar-refractivity contribution in [3.8, 4) is 0 Å². The monoisotopic (exact) mass is 510 g/mol. The Bertz CT molecular complexity index is 1060. The SMILES string of the molecule is Cc1ccc(C(=O)N2CC(N(CC3CCCO3)C(=O)c3cccs3)CC2C(=O)N2CCNCC2)cc1. The lowest BCUT2D eigenvalue weighted by Gasteiger charge is -2.32. The topological polar surface area (TPSA) is 82.2 Å². The molecule has 5 rings (SSSR count). The number of nitrogens with one attached hydrogen (secondary N) is 1. The Morgan fingerprint density at radius 1 is 1.14 bits per heavy atom. The Hall–Kier alpha value is -2.75. The van der Waals surface area contributed by atoms with Crippen molar-refractivity contribution < 1.29 is 19.1 Å². The number of hydrogen-bond donors (Lipinski definition) is 1. The fraction of sp³-hybridized carbons (Fsp3) is 0.519. The van der Waals surface area contributed by atoms with Crippen molar-refractivity contribution in [2.75, 3.05) is 45.9 Å². The minimum Gasteiger partial charge on any atom is -0.376 e. The van der Waals surface area contributed by atoms with Crippen molar-refractivity contribution in [1.29, 1.82) is 0 Å². The number of benzene rings is 1. The van der Waals surface area contributed by atoms with Crippen LogP contribution in [0.3, 0.4) is 0 Å². The van der Waals surface area contributed by atoms with Crippen LogP contribution >= 0.6 is 11.3 Å². The van der Waals surface area contributed by atoms with Crippen LogP contribution in [-0.2, 0) is 9.53 Å². The van der Waals surface area contributed by atoms with Crippen LogP contribution in [0, 0.1) is 6.92 Å². The zero-order valence-corrected chi connectivity index (χ0v) is 21.5. The smallest absolute Gasteiger partial charge is 0.264 e. The second kappa shape index (κ2) is 11.1. The standard InChI is InChI=1S/C27H34N4O4S/c1-19-6-8-20(9-7-19)25(32)31-17-21(16-23(31)26(33)29-12-10-28-11-13-29)30(18-22-4-2-14-35-22)27(34)24-5-3-15-36-24/h3,5-9,15,21-23,28H,2,4,10-14,16-18H2,1H3. The van der Waals surface area contributed by atoms with E-state index in [0.29, 0.717) is 49.6 Å². The van der Waals surface area contributed by atoms with Gasteiger partial charge in [0.25, 0.3) is 11.8 Å². The van der Waals surface area contributed by atoms with Crippen molar-refractivity contribution in [3.63, 3.8) is 0 Å². The average molecular weight is 511 g/mol. The molecule has 3 unspecified atom stereocenters. The maximum atomic E-state index is 13.7. The highest BCUT2D eigenvalue weighted by atomic mass is 32.1. The van der Waals surface area contributed by atoms with E-state index in [1.54, 1.807) is 4.90 Å². The second-order valence-electron chi connectivity index (χ2n) is 9.87. The number of carbonyl (C=O) groups is 3. The van der Waals surface area contributed by atoms with E-state index in [1.807, 2.05) is 58.5 Å². The van der Waals surface area contributed by atoms with Crippen molar-refractivity contribution in [2.45, 2.75) is 44.4 Å². The summed E-state index contributed by atoms with van der Waals surface area (Å²) in [7, 11) is 0. The molecule has 3 atom stereocenters. The maximum absolute atomic E-state index is 13.7. The summed E-state index contributed by atoms with van der Waals surface area (Å²) in [5.74, 6) is -0.241. The molecule has 0 spiro atoms. The summed E-state index contributed by atoms with van der Waals surface area (Å²) < 4.78 is 5.88. The van der Waals surface area contributed by atoms with E-state index in [2.05, 4.69) is 5.32 Å². The van der Waals surface area contributed by atoms with Gasteiger partial charge in [0.15, 0.2) is 0 Å². The zero-order valence-electron chi connectivity index (χ0n) is 20.7. The summed E-state index contributed by atoms with van der Waals surface area (Å²) in [5.41, 5.74) is 1.64. The molecule has 4 heterocycles. The molecule has 36 heavy (non-hydrogen) atoms. The first kappa shape index (κ1) is 24.9. The van der Waals surface area contributed by atoms with Gasteiger partial charge in [-0.15, -0.1) is 11.3 Å². The molecule has 0 saturated carbocycles. The minimum absolute atomic E-state index is 0.0157. The fourth-order valence-electron chi connectivity index (χ4n) is 5.40. The number of aryl methyl sites for hydroxylation is 1. The Kier molecular flexibility index (Phi) is 7.69. The van der Waals surface area contributed by atoms with Crippen LogP contribution in [0.5, 0.6) is 0 Å². The molecule has 8 nitrogen and oxygen atoms in total. The van der Waals surface area contributed by atoms with Gasteiger partial charge in [-0.2, -0.15) is 0 Å². The molecule has 0 bridgehead atoms. The molecule has 2 aromatic rings. The number of ether oxygens (including phenoxy) is 1. The van der Waals surface area contributed by atoms with Gasteiger partial charge < -0.3 is 24.8 Å². The highest BCUT2D eigenvalue weighted by Gasteiger charge is 2.45. The lowest BCUT2D eigenvalue weighted by Crippen LogP contribution is -2.53. The van der Waals surface area contributed by atoms with Gasteiger partial charge in [-0.25, -0.2) is 0 Å². The van der Waals surface area contributed by atoms with Gasteiger partial charge in [-0.05, 0) is 49.8 Å². The fourth-order valence-corrected chi connectivity index (χ4v) is 6.08. The van der Waals surface area contributed by atoms with Crippen molar-refractivity contribution in [1.82, 2.24) is 20.0 Å². The highest BCUT2D eigenvalue weighted by Crippen LogP contribution is 2.29. The quantitative estimate of drug-likeness (QED) is 0.646. The molecular weight excluding hydrogens is 476 g/mol. The summed E-state index contributed by atoms with van der Waals surface area (Å²) in [4.78, 5) is 47.1. The number of piperazine rings is 1. The predicted molar refractivity (Wildman–Crippen MR) is 138 cm³/mol. The number of thiophene rings is 1. The van der Waals surface area contributed by atoms with Gasteiger partial charge in [0, 0.05) is 51.4 Å².